The van der Waals surface area contributed by atoms with Crippen molar-refractivity contribution in [3.8, 4) is 0 Å². The van der Waals surface area contributed by atoms with Crippen molar-refractivity contribution in [3.05, 3.63) is 41.0 Å². The summed E-state index contributed by atoms with van der Waals surface area (Å²) in [5.41, 5.74) is 0.772. The number of nitrogens with zero attached hydrogens (tertiary/aromatic N) is 2. The lowest BCUT2D eigenvalue weighted by Crippen LogP contribution is -2.13. The molecule has 1 aromatic carbocycles. The van der Waals surface area contributed by atoms with Crippen molar-refractivity contribution in [2.24, 2.45) is 0 Å². The van der Waals surface area contributed by atoms with Gasteiger partial charge in [-0.1, -0.05) is 6.07 Å². The summed E-state index contributed by atoms with van der Waals surface area (Å²) < 4.78 is 17.4. The van der Waals surface area contributed by atoms with Gasteiger partial charge in [-0.25, -0.2) is 9.37 Å². The molecule has 0 bridgehead atoms. The Hall–Kier alpha value is -1.82. The normalized spacial score (nSPS) is 10.3. The predicted molar refractivity (Wildman–Crippen MR) is 63.7 cm³/mol. The van der Waals surface area contributed by atoms with Gasteiger partial charge in [-0.05, 0) is 31.5 Å². The molecule has 0 atom stereocenters. The SMILES string of the molecule is Cc1ccc(C(=O)Nc2nc(C)ns2)c(F)c1. The van der Waals surface area contributed by atoms with Gasteiger partial charge in [0.15, 0.2) is 0 Å². The van der Waals surface area contributed by atoms with Crippen molar-refractivity contribution >= 4 is 22.6 Å². The number of carbonyl (C=O) groups excluding carboxylic acids is 1. The zero-order valence-electron chi connectivity index (χ0n) is 9.32. The van der Waals surface area contributed by atoms with Crippen LogP contribution in [0.1, 0.15) is 21.7 Å². The number of benzene rings is 1. The smallest absolute Gasteiger partial charge is 0.260 e. The molecule has 0 fully saturated rings. The van der Waals surface area contributed by atoms with E-state index in [9.17, 15) is 9.18 Å². The lowest BCUT2D eigenvalue weighted by atomic mass is 10.1. The van der Waals surface area contributed by atoms with Crippen LogP contribution in [0.2, 0.25) is 0 Å². The van der Waals surface area contributed by atoms with Crippen LogP contribution in [0.4, 0.5) is 9.52 Å². The van der Waals surface area contributed by atoms with E-state index < -0.39 is 11.7 Å². The molecule has 2 aromatic rings. The van der Waals surface area contributed by atoms with E-state index in [2.05, 4.69) is 14.7 Å². The number of nitrogens with one attached hydrogen (secondary N) is 1. The van der Waals surface area contributed by atoms with Gasteiger partial charge in [0, 0.05) is 11.5 Å². The lowest BCUT2D eigenvalue weighted by Gasteiger charge is -2.03. The Kier molecular flexibility index (Phi) is 3.14. The number of hydrogen-bond donors (Lipinski definition) is 1. The molecule has 0 radical (unpaired) electrons. The van der Waals surface area contributed by atoms with E-state index in [-0.39, 0.29) is 5.56 Å². The Morgan fingerprint density at radius 2 is 2.18 bits per heavy atom. The van der Waals surface area contributed by atoms with Crippen LogP contribution in [-0.4, -0.2) is 15.3 Å². The number of aromatic nitrogens is 2. The maximum absolute atomic E-state index is 13.5. The Morgan fingerprint density at radius 1 is 1.41 bits per heavy atom. The third kappa shape index (κ3) is 2.65. The van der Waals surface area contributed by atoms with Crippen molar-refractivity contribution in [1.82, 2.24) is 9.36 Å². The molecular weight excluding hydrogens is 241 g/mol. The molecule has 1 aromatic heterocycles. The minimum absolute atomic E-state index is 0.00320. The standard InChI is InChI=1S/C11H10FN3OS/c1-6-3-4-8(9(12)5-6)10(16)14-11-13-7(2)15-17-11/h3-5H,1-2H3,(H,13,14,15,16). The number of rotatable bonds is 2. The molecule has 1 N–H and O–H groups in total. The zero-order valence-corrected chi connectivity index (χ0v) is 10.1. The molecular formula is C11H10FN3OS. The predicted octanol–water partition coefficient (Wildman–Crippen LogP) is 2.55. The Bertz CT molecular complexity index is 568. The molecule has 0 spiro atoms. The van der Waals surface area contributed by atoms with Crippen LogP contribution in [0.5, 0.6) is 0 Å². The van der Waals surface area contributed by atoms with Gasteiger partial charge in [0.1, 0.15) is 11.6 Å². The van der Waals surface area contributed by atoms with E-state index in [4.69, 9.17) is 0 Å². The van der Waals surface area contributed by atoms with E-state index in [1.165, 1.54) is 12.1 Å². The molecule has 4 nitrogen and oxygen atoms in total. The third-order valence-corrected chi connectivity index (χ3v) is 2.84. The molecule has 2 rings (SSSR count). The van der Waals surface area contributed by atoms with Gasteiger partial charge in [0.25, 0.3) is 5.91 Å². The van der Waals surface area contributed by atoms with Crippen LogP contribution in [0.3, 0.4) is 0 Å². The molecule has 0 aliphatic rings. The van der Waals surface area contributed by atoms with Crippen LogP contribution in [-0.2, 0) is 0 Å². The van der Waals surface area contributed by atoms with E-state index in [0.29, 0.717) is 11.0 Å². The highest BCUT2D eigenvalue weighted by Gasteiger charge is 2.13. The first-order valence-corrected chi connectivity index (χ1v) is 5.71. The second kappa shape index (κ2) is 4.58. The molecule has 88 valence electrons. The van der Waals surface area contributed by atoms with Gasteiger partial charge in [0.05, 0.1) is 5.56 Å². The molecule has 0 aliphatic heterocycles. The largest absolute Gasteiger partial charge is 0.296 e. The Balaban J connectivity index is 2.20. The summed E-state index contributed by atoms with van der Waals surface area (Å²) in [6, 6.07) is 4.46. The van der Waals surface area contributed by atoms with E-state index in [1.807, 2.05) is 0 Å². The Labute approximate surface area is 102 Å². The van der Waals surface area contributed by atoms with Gasteiger partial charge < -0.3 is 0 Å². The highest BCUT2D eigenvalue weighted by molar-refractivity contribution is 7.09. The van der Waals surface area contributed by atoms with Crippen molar-refractivity contribution in [1.29, 1.82) is 0 Å². The number of amides is 1. The van der Waals surface area contributed by atoms with Crippen LogP contribution >= 0.6 is 11.5 Å². The maximum atomic E-state index is 13.5. The third-order valence-electron chi connectivity index (χ3n) is 2.12. The molecule has 6 heteroatoms. The monoisotopic (exact) mass is 251 g/mol. The van der Waals surface area contributed by atoms with Crippen LogP contribution in [0, 0.1) is 19.7 Å². The van der Waals surface area contributed by atoms with Crippen molar-refractivity contribution in [2.75, 3.05) is 5.32 Å². The number of carbonyl (C=O) groups is 1. The molecule has 0 unspecified atom stereocenters. The van der Waals surface area contributed by atoms with E-state index >= 15 is 0 Å². The summed E-state index contributed by atoms with van der Waals surface area (Å²) in [5.74, 6) is -0.475. The average Bonchev–Trinajstić information content (AvgIpc) is 2.63. The minimum Gasteiger partial charge on any atom is -0.296 e. The van der Waals surface area contributed by atoms with E-state index in [1.54, 1.807) is 19.9 Å². The first-order valence-electron chi connectivity index (χ1n) is 4.94. The molecule has 1 amide bonds. The van der Waals surface area contributed by atoms with Crippen molar-refractivity contribution in [2.45, 2.75) is 13.8 Å². The van der Waals surface area contributed by atoms with Gasteiger partial charge in [-0.3, -0.25) is 10.1 Å². The van der Waals surface area contributed by atoms with Gasteiger partial charge in [-0.15, -0.1) is 0 Å². The van der Waals surface area contributed by atoms with Crippen molar-refractivity contribution in [3.63, 3.8) is 0 Å². The summed E-state index contributed by atoms with van der Waals surface area (Å²) in [6.45, 7) is 3.48. The fourth-order valence-corrected chi connectivity index (χ4v) is 1.89. The van der Waals surface area contributed by atoms with Crippen LogP contribution in [0.25, 0.3) is 0 Å². The second-order valence-electron chi connectivity index (χ2n) is 3.58. The maximum Gasteiger partial charge on any atom is 0.260 e. The van der Waals surface area contributed by atoms with Gasteiger partial charge in [0.2, 0.25) is 5.13 Å². The summed E-state index contributed by atoms with van der Waals surface area (Å²) in [4.78, 5) is 15.7. The Morgan fingerprint density at radius 3 is 2.76 bits per heavy atom. The number of hydrogen-bond acceptors (Lipinski definition) is 4. The summed E-state index contributed by atoms with van der Waals surface area (Å²) >= 11 is 1.07. The quantitative estimate of drug-likeness (QED) is 0.892. The van der Waals surface area contributed by atoms with Crippen LogP contribution in [0.15, 0.2) is 18.2 Å². The first-order chi connectivity index (χ1) is 8.06. The highest BCUT2D eigenvalue weighted by atomic mass is 32.1. The highest BCUT2D eigenvalue weighted by Crippen LogP contribution is 2.14. The van der Waals surface area contributed by atoms with Crippen LogP contribution < -0.4 is 5.32 Å². The molecule has 0 aliphatic carbocycles. The van der Waals surface area contributed by atoms with Crippen molar-refractivity contribution < 1.29 is 9.18 Å². The average molecular weight is 251 g/mol. The zero-order chi connectivity index (χ0) is 12.4. The number of halogens is 1. The topological polar surface area (TPSA) is 54.9 Å². The fraction of sp³-hybridized carbons (Fsp3) is 0.182. The van der Waals surface area contributed by atoms with Gasteiger partial charge in [-0.2, -0.15) is 4.37 Å². The summed E-state index contributed by atoms with van der Waals surface area (Å²) in [6.07, 6.45) is 0. The first kappa shape index (κ1) is 11.7. The number of aryl methyl sites for hydroxylation is 2. The molecule has 1 heterocycles. The summed E-state index contributed by atoms with van der Waals surface area (Å²) in [5, 5.41) is 2.87. The molecule has 0 saturated heterocycles. The second-order valence-corrected chi connectivity index (χ2v) is 4.34. The molecule has 17 heavy (non-hydrogen) atoms. The number of anilines is 1. The lowest BCUT2D eigenvalue weighted by molar-refractivity contribution is 0.102. The fourth-order valence-electron chi connectivity index (χ4n) is 1.32. The van der Waals surface area contributed by atoms with Gasteiger partial charge >= 0.3 is 0 Å². The molecule has 0 saturated carbocycles. The van der Waals surface area contributed by atoms with E-state index in [0.717, 1.165) is 17.1 Å². The minimum atomic E-state index is -0.538. The summed E-state index contributed by atoms with van der Waals surface area (Å²) in [7, 11) is 0.